The van der Waals surface area contributed by atoms with Gasteiger partial charge < -0.3 is 30.9 Å². The molecule has 0 bridgehead atoms. The maximum Gasteiger partial charge on any atom is 0.326 e. The predicted molar refractivity (Wildman–Crippen MR) is 142 cm³/mol. The number of hydrogen-bond donors (Lipinski definition) is 4. The van der Waals surface area contributed by atoms with Crippen LogP contribution in [-0.2, 0) is 25.6 Å². The van der Waals surface area contributed by atoms with Crippen LogP contribution in [0.3, 0.4) is 0 Å². The summed E-state index contributed by atoms with van der Waals surface area (Å²) in [5, 5.41) is 13.5. The first-order valence-corrected chi connectivity index (χ1v) is 14.1. The first-order valence-electron chi connectivity index (χ1n) is 12.8. The van der Waals surface area contributed by atoms with Gasteiger partial charge in [-0.3, -0.25) is 14.4 Å². The van der Waals surface area contributed by atoms with Crippen molar-refractivity contribution in [1.82, 2.24) is 20.1 Å². The number of likely N-dealkylation sites (tertiary alicyclic amines) is 2. The van der Waals surface area contributed by atoms with Gasteiger partial charge in [-0.25, -0.2) is 4.79 Å². The van der Waals surface area contributed by atoms with Crippen molar-refractivity contribution in [1.29, 1.82) is 0 Å². The zero-order chi connectivity index (χ0) is 26.5. The molecule has 1 aromatic carbocycles. The molecule has 2 saturated heterocycles. The largest absolute Gasteiger partial charge is 0.480 e. The fourth-order valence-electron chi connectivity index (χ4n) is 5.36. The van der Waals surface area contributed by atoms with E-state index in [1.807, 2.05) is 36.7 Å². The lowest BCUT2D eigenvalue weighted by Gasteiger charge is -2.30. The Morgan fingerprint density at radius 1 is 1.11 bits per heavy atom. The van der Waals surface area contributed by atoms with Crippen LogP contribution in [0, 0.1) is 0 Å². The van der Waals surface area contributed by atoms with Crippen molar-refractivity contribution in [3.05, 3.63) is 36.0 Å². The van der Waals surface area contributed by atoms with Gasteiger partial charge in [0, 0.05) is 36.6 Å². The van der Waals surface area contributed by atoms with E-state index < -0.39 is 42.0 Å². The molecule has 200 valence electrons. The first kappa shape index (κ1) is 27.0. The van der Waals surface area contributed by atoms with Gasteiger partial charge in [0.05, 0.1) is 6.04 Å². The van der Waals surface area contributed by atoms with E-state index in [2.05, 4.69) is 10.3 Å². The molecule has 10 nitrogen and oxygen atoms in total. The Labute approximate surface area is 220 Å². The standard InChI is InChI=1S/C26H35N5O5S/c1-37-13-10-18(27)24(33)30-11-4-8-21(30)23(32)29-20(25(34)31-12-5-9-22(31)26(35)36)14-16-15-28-19-7-3-2-6-17(16)19/h2-3,6-7,15,18,20-22,28H,4-5,8-14,27H2,1H3,(H,29,32)(H,35,36). The van der Waals surface area contributed by atoms with Gasteiger partial charge in [-0.15, -0.1) is 0 Å². The lowest BCUT2D eigenvalue weighted by Crippen LogP contribution is -2.57. The number of carboxylic acid groups (broad SMARTS) is 1. The molecule has 3 heterocycles. The number of benzene rings is 1. The van der Waals surface area contributed by atoms with E-state index in [0.29, 0.717) is 45.2 Å². The van der Waals surface area contributed by atoms with Crippen molar-refractivity contribution >= 4 is 46.4 Å². The maximum atomic E-state index is 13.6. The summed E-state index contributed by atoms with van der Waals surface area (Å²) >= 11 is 1.61. The zero-order valence-electron chi connectivity index (χ0n) is 21.0. The van der Waals surface area contributed by atoms with Gasteiger partial charge in [0.15, 0.2) is 0 Å². The minimum atomic E-state index is -1.05. The minimum Gasteiger partial charge on any atom is -0.480 e. The summed E-state index contributed by atoms with van der Waals surface area (Å²) in [6, 6.07) is 4.42. The monoisotopic (exact) mass is 529 g/mol. The molecule has 2 fully saturated rings. The van der Waals surface area contributed by atoms with Crippen LogP contribution in [0.5, 0.6) is 0 Å². The average Bonchev–Trinajstić information content (AvgIpc) is 3.65. The number of H-pyrrole nitrogens is 1. The fraction of sp³-hybridized carbons (Fsp3) is 0.538. The second-order valence-electron chi connectivity index (χ2n) is 9.73. The van der Waals surface area contributed by atoms with E-state index in [1.54, 1.807) is 11.8 Å². The summed E-state index contributed by atoms with van der Waals surface area (Å²) in [6.45, 7) is 0.770. The Hall–Kier alpha value is -3.05. The third-order valence-electron chi connectivity index (χ3n) is 7.32. The molecular weight excluding hydrogens is 494 g/mol. The van der Waals surface area contributed by atoms with Crippen LogP contribution in [0.2, 0.25) is 0 Å². The van der Waals surface area contributed by atoms with Crippen LogP contribution < -0.4 is 11.1 Å². The molecule has 0 spiro atoms. The van der Waals surface area contributed by atoms with Crippen molar-refractivity contribution in [3.8, 4) is 0 Å². The molecule has 0 aliphatic carbocycles. The van der Waals surface area contributed by atoms with Gasteiger partial charge in [0.25, 0.3) is 0 Å². The Bertz CT molecular complexity index is 1150. The SMILES string of the molecule is CSCCC(N)C(=O)N1CCCC1C(=O)NC(Cc1c[nH]c2ccccc12)C(=O)N1CCCC1C(=O)O. The molecule has 5 N–H and O–H groups in total. The van der Waals surface area contributed by atoms with Gasteiger partial charge in [0.2, 0.25) is 17.7 Å². The zero-order valence-corrected chi connectivity index (χ0v) is 21.8. The summed E-state index contributed by atoms with van der Waals surface area (Å²) in [5.41, 5.74) is 7.86. The van der Waals surface area contributed by atoms with Crippen LogP contribution in [-0.4, -0.2) is 92.8 Å². The van der Waals surface area contributed by atoms with E-state index in [4.69, 9.17) is 5.73 Å². The number of amides is 3. The highest BCUT2D eigenvalue weighted by Gasteiger charge is 2.41. The summed E-state index contributed by atoms with van der Waals surface area (Å²) < 4.78 is 0. The third kappa shape index (κ3) is 5.93. The number of thioether (sulfide) groups is 1. The second kappa shape index (κ2) is 12.0. The number of nitrogens with two attached hydrogens (primary N) is 1. The van der Waals surface area contributed by atoms with Gasteiger partial charge in [-0.05, 0) is 55.7 Å². The van der Waals surface area contributed by atoms with Crippen LogP contribution >= 0.6 is 11.8 Å². The summed E-state index contributed by atoms with van der Waals surface area (Å²) in [4.78, 5) is 58.0. The molecule has 2 aliphatic rings. The summed E-state index contributed by atoms with van der Waals surface area (Å²) in [5.74, 6) is -1.38. The number of rotatable bonds is 10. The van der Waals surface area contributed by atoms with Crippen LogP contribution in [0.25, 0.3) is 10.9 Å². The number of aromatic nitrogens is 1. The van der Waals surface area contributed by atoms with Crippen molar-refractivity contribution in [2.75, 3.05) is 25.1 Å². The van der Waals surface area contributed by atoms with Crippen LogP contribution in [0.1, 0.15) is 37.7 Å². The number of fused-ring (bicyclic) bond motifs is 1. The van der Waals surface area contributed by atoms with E-state index >= 15 is 0 Å². The normalized spacial score (nSPS) is 21.2. The molecule has 0 radical (unpaired) electrons. The van der Waals surface area contributed by atoms with Crippen molar-refractivity contribution < 1.29 is 24.3 Å². The number of nitrogens with zero attached hydrogens (tertiary/aromatic N) is 2. The topological polar surface area (TPSA) is 149 Å². The minimum absolute atomic E-state index is 0.200. The molecule has 2 aromatic rings. The van der Waals surface area contributed by atoms with Crippen molar-refractivity contribution in [2.24, 2.45) is 5.73 Å². The Morgan fingerprint density at radius 3 is 2.49 bits per heavy atom. The van der Waals surface area contributed by atoms with E-state index in [-0.39, 0.29) is 12.3 Å². The smallest absolute Gasteiger partial charge is 0.326 e. The summed E-state index contributed by atoms with van der Waals surface area (Å²) in [6.07, 6.45) is 6.62. The molecule has 1 aromatic heterocycles. The number of para-hydroxylation sites is 1. The van der Waals surface area contributed by atoms with Crippen LogP contribution in [0.4, 0.5) is 0 Å². The molecule has 0 saturated carbocycles. The van der Waals surface area contributed by atoms with Crippen molar-refractivity contribution in [3.63, 3.8) is 0 Å². The molecule has 4 atom stereocenters. The lowest BCUT2D eigenvalue weighted by molar-refractivity contribution is -0.149. The molecular formula is C26H35N5O5S. The van der Waals surface area contributed by atoms with Gasteiger partial charge in [-0.2, -0.15) is 11.8 Å². The number of carboxylic acids is 1. The lowest BCUT2D eigenvalue weighted by atomic mass is 10.0. The van der Waals surface area contributed by atoms with E-state index in [9.17, 15) is 24.3 Å². The number of carbonyl (C=O) groups is 4. The molecule has 4 rings (SSSR count). The molecule has 37 heavy (non-hydrogen) atoms. The highest BCUT2D eigenvalue weighted by Crippen LogP contribution is 2.24. The van der Waals surface area contributed by atoms with E-state index in [0.717, 1.165) is 22.2 Å². The van der Waals surface area contributed by atoms with Crippen LogP contribution in [0.15, 0.2) is 30.5 Å². The highest BCUT2D eigenvalue weighted by atomic mass is 32.2. The fourth-order valence-corrected chi connectivity index (χ4v) is 5.85. The molecule has 2 aliphatic heterocycles. The van der Waals surface area contributed by atoms with Gasteiger partial charge in [0.1, 0.15) is 18.1 Å². The maximum absolute atomic E-state index is 13.6. The number of aromatic amines is 1. The highest BCUT2D eigenvalue weighted by molar-refractivity contribution is 7.98. The summed E-state index contributed by atoms with van der Waals surface area (Å²) in [7, 11) is 0. The quantitative estimate of drug-likeness (QED) is 0.363. The average molecular weight is 530 g/mol. The first-order chi connectivity index (χ1) is 17.8. The number of hydrogen-bond acceptors (Lipinski definition) is 6. The molecule has 11 heteroatoms. The number of aliphatic carboxylic acids is 1. The Balaban J connectivity index is 1.55. The number of carbonyl (C=O) groups excluding carboxylic acids is 3. The van der Waals surface area contributed by atoms with Crippen molar-refractivity contribution in [2.45, 2.75) is 62.7 Å². The Morgan fingerprint density at radius 2 is 1.78 bits per heavy atom. The Kier molecular flexibility index (Phi) is 8.75. The van der Waals surface area contributed by atoms with Gasteiger partial charge >= 0.3 is 5.97 Å². The number of nitrogens with one attached hydrogen (secondary N) is 2. The molecule has 3 amide bonds. The van der Waals surface area contributed by atoms with E-state index in [1.165, 1.54) is 9.80 Å². The second-order valence-corrected chi connectivity index (χ2v) is 10.7. The van der Waals surface area contributed by atoms with Gasteiger partial charge in [-0.1, -0.05) is 18.2 Å². The predicted octanol–water partition coefficient (Wildman–Crippen LogP) is 1.34. The third-order valence-corrected chi connectivity index (χ3v) is 7.97. The molecule has 4 unspecified atom stereocenters.